The fraction of sp³-hybridized carbons (Fsp3) is 0.450. The molecule has 23 heavy (non-hydrogen) atoms. The van der Waals surface area contributed by atoms with E-state index in [1.807, 2.05) is 46.8 Å². The van der Waals surface area contributed by atoms with Crippen LogP contribution in [0.5, 0.6) is 5.75 Å². The number of rotatable bonds is 1. The third-order valence-electron chi connectivity index (χ3n) is 5.19. The van der Waals surface area contributed by atoms with E-state index in [9.17, 15) is 5.11 Å². The van der Waals surface area contributed by atoms with Crippen molar-refractivity contribution in [2.24, 2.45) is 0 Å². The molecule has 3 nitrogen and oxygen atoms in total. The summed E-state index contributed by atoms with van der Waals surface area (Å²) < 4.78 is 6.26. The van der Waals surface area contributed by atoms with E-state index in [1.165, 1.54) is 5.56 Å². The average Bonchev–Trinajstić information content (AvgIpc) is 2.64. The minimum Gasteiger partial charge on any atom is -0.483 e. The van der Waals surface area contributed by atoms with Gasteiger partial charge in [0.05, 0.1) is 0 Å². The lowest BCUT2D eigenvalue weighted by molar-refractivity contribution is -0.0651. The molecule has 1 aliphatic rings. The highest BCUT2D eigenvalue weighted by molar-refractivity contribution is 5.60. The van der Waals surface area contributed by atoms with Gasteiger partial charge in [0.1, 0.15) is 11.4 Å². The van der Waals surface area contributed by atoms with Crippen LogP contribution in [0, 0.1) is 34.6 Å². The van der Waals surface area contributed by atoms with Crippen molar-refractivity contribution in [3.05, 3.63) is 57.4 Å². The first-order valence-electron chi connectivity index (χ1n) is 8.07. The Balaban J connectivity index is 2.38. The Bertz CT molecular complexity index is 808. The van der Waals surface area contributed by atoms with Gasteiger partial charge < -0.3 is 9.84 Å². The second kappa shape index (κ2) is 4.81. The van der Waals surface area contributed by atoms with Crippen LogP contribution in [0.15, 0.2) is 18.2 Å². The van der Waals surface area contributed by atoms with E-state index < -0.39 is 11.2 Å². The van der Waals surface area contributed by atoms with Gasteiger partial charge in [0.15, 0.2) is 5.60 Å². The fourth-order valence-corrected chi connectivity index (χ4v) is 3.79. The molecule has 122 valence electrons. The van der Waals surface area contributed by atoms with Crippen molar-refractivity contribution in [1.29, 1.82) is 0 Å². The summed E-state index contributed by atoms with van der Waals surface area (Å²) in [4.78, 5) is 4.56. The molecule has 0 spiro atoms. The zero-order valence-electron chi connectivity index (χ0n) is 15.0. The predicted octanol–water partition coefficient (Wildman–Crippen LogP) is 4.03. The van der Waals surface area contributed by atoms with Crippen molar-refractivity contribution in [1.82, 2.24) is 4.98 Å². The van der Waals surface area contributed by atoms with E-state index in [0.717, 1.165) is 39.4 Å². The van der Waals surface area contributed by atoms with Gasteiger partial charge in [-0.1, -0.05) is 12.1 Å². The molecule has 0 aliphatic carbocycles. The first-order valence-corrected chi connectivity index (χ1v) is 8.07. The molecular formula is C20H25NO2. The van der Waals surface area contributed by atoms with Crippen LogP contribution in [0.3, 0.4) is 0 Å². The number of aliphatic hydroxyl groups is 1. The Hall–Kier alpha value is -1.87. The van der Waals surface area contributed by atoms with Gasteiger partial charge in [-0.2, -0.15) is 0 Å². The number of hydrogen-bond donors (Lipinski definition) is 1. The number of aryl methyl sites for hydroxylation is 4. The lowest BCUT2D eigenvalue weighted by Crippen LogP contribution is -2.48. The molecule has 1 unspecified atom stereocenters. The molecule has 1 aromatic heterocycles. The largest absolute Gasteiger partial charge is 0.483 e. The van der Waals surface area contributed by atoms with Gasteiger partial charge in [-0.25, -0.2) is 0 Å². The van der Waals surface area contributed by atoms with Gasteiger partial charge in [0, 0.05) is 22.5 Å². The first-order chi connectivity index (χ1) is 10.6. The van der Waals surface area contributed by atoms with E-state index in [-0.39, 0.29) is 0 Å². The van der Waals surface area contributed by atoms with Crippen molar-refractivity contribution in [3.63, 3.8) is 0 Å². The van der Waals surface area contributed by atoms with Gasteiger partial charge in [-0.15, -0.1) is 0 Å². The Morgan fingerprint density at radius 1 is 1.00 bits per heavy atom. The molecule has 0 fully saturated rings. The molecule has 1 aliphatic heterocycles. The van der Waals surface area contributed by atoms with Crippen molar-refractivity contribution in [2.45, 2.75) is 59.7 Å². The molecule has 1 N–H and O–H groups in total. The topological polar surface area (TPSA) is 42.4 Å². The van der Waals surface area contributed by atoms with Gasteiger partial charge in [0.25, 0.3) is 0 Å². The highest BCUT2D eigenvalue weighted by Crippen LogP contribution is 2.54. The Labute approximate surface area is 138 Å². The standard InChI is InChI=1S/C20H25NO2/c1-11-10-12(2)17-18(14(11)4)23-19(6,7)20(17,22)16-9-8-13(3)21-15(16)5/h8-10,22H,1-7H3. The number of fused-ring (bicyclic) bond motifs is 1. The van der Waals surface area contributed by atoms with Crippen molar-refractivity contribution < 1.29 is 9.84 Å². The Morgan fingerprint density at radius 3 is 2.26 bits per heavy atom. The molecule has 0 saturated carbocycles. The van der Waals surface area contributed by atoms with Crippen LogP contribution in [0.1, 0.15) is 53.1 Å². The summed E-state index contributed by atoms with van der Waals surface area (Å²) in [5.74, 6) is 0.815. The summed E-state index contributed by atoms with van der Waals surface area (Å²) in [6.07, 6.45) is 0. The third kappa shape index (κ3) is 2.03. The van der Waals surface area contributed by atoms with Gasteiger partial charge in [-0.3, -0.25) is 4.98 Å². The molecule has 3 heteroatoms. The van der Waals surface area contributed by atoms with Crippen molar-refractivity contribution in [2.75, 3.05) is 0 Å². The van der Waals surface area contributed by atoms with Crippen molar-refractivity contribution >= 4 is 0 Å². The van der Waals surface area contributed by atoms with Gasteiger partial charge in [-0.05, 0) is 71.2 Å². The maximum absolute atomic E-state index is 11.8. The van der Waals surface area contributed by atoms with Crippen LogP contribution in [0.25, 0.3) is 0 Å². The maximum Gasteiger partial charge on any atom is 0.159 e. The maximum atomic E-state index is 11.8. The smallest absolute Gasteiger partial charge is 0.159 e. The van der Waals surface area contributed by atoms with E-state index in [1.54, 1.807) is 0 Å². The van der Waals surface area contributed by atoms with Crippen molar-refractivity contribution in [3.8, 4) is 5.75 Å². The molecule has 0 amide bonds. The van der Waals surface area contributed by atoms with Crippen LogP contribution in [0.2, 0.25) is 0 Å². The zero-order chi connectivity index (χ0) is 17.2. The molecule has 2 heterocycles. The normalized spacial score (nSPS) is 21.9. The lowest BCUT2D eigenvalue weighted by Gasteiger charge is -2.37. The van der Waals surface area contributed by atoms with Crippen LogP contribution < -0.4 is 4.74 Å². The SMILES string of the molecule is Cc1ccc(C2(O)c3c(C)cc(C)c(C)c3OC2(C)C)c(C)n1. The summed E-state index contributed by atoms with van der Waals surface area (Å²) in [6, 6.07) is 6.05. The Morgan fingerprint density at radius 2 is 1.65 bits per heavy atom. The molecular weight excluding hydrogens is 286 g/mol. The molecule has 3 rings (SSSR count). The summed E-state index contributed by atoms with van der Waals surface area (Å²) >= 11 is 0. The summed E-state index contributed by atoms with van der Waals surface area (Å²) in [6.45, 7) is 14.0. The molecule has 0 bridgehead atoms. The summed E-state index contributed by atoms with van der Waals surface area (Å²) in [7, 11) is 0. The number of benzene rings is 1. The number of ether oxygens (including phenoxy) is 1. The highest BCUT2D eigenvalue weighted by Gasteiger charge is 2.57. The van der Waals surface area contributed by atoms with E-state index in [0.29, 0.717) is 0 Å². The number of nitrogens with zero attached hydrogens (tertiary/aromatic N) is 1. The molecule has 1 atom stereocenters. The number of hydrogen-bond acceptors (Lipinski definition) is 3. The quantitative estimate of drug-likeness (QED) is 0.864. The molecule has 2 aromatic rings. The van der Waals surface area contributed by atoms with Crippen LogP contribution in [-0.4, -0.2) is 15.7 Å². The van der Waals surface area contributed by atoms with E-state index in [2.05, 4.69) is 24.9 Å². The van der Waals surface area contributed by atoms with Gasteiger partial charge in [0.2, 0.25) is 0 Å². The summed E-state index contributed by atoms with van der Waals surface area (Å²) in [5.41, 5.74) is 4.83. The summed E-state index contributed by atoms with van der Waals surface area (Å²) in [5, 5.41) is 11.8. The second-order valence-corrected chi connectivity index (χ2v) is 7.25. The minimum absolute atomic E-state index is 0.764. The van der Waals surface area contributed by atoms with Crippen LogP contribution in [0.4, 0.5) is 0 Å². The minimum atomic E-state index is -1.21. The Kier molecular flexibility index (Phi) is 3.35. The van der Waals surface area contributed by atoms with Crippen LogP contribution >= 0.6 is 0 Å². The monoisotopic (exact) mass is 311 g/mol. The average molecular weight is 311 g/mol. The van der Waals surface area contributed by atoms with Crippen LogP contribution in [-0.2, 0) is 5.60 Å². The molecule has 0 saturated heterocycles. The van der Waals surface area contributed by atoms with Gasteiger partial charge >= 0.3 is 0 Å². The first kappa shape index (κ1) is 16.0. The van der Waals surface area contributed by atoms with E-state index in [4.69, 9.17) is 4.74 Å². The zero-order valence-corrected chi connectivity index (χ0v) is 15.0. The molecule has 1 aromatic carbocycles. The fourth-order valence-electron chi connectivity index (χ4n) is 3.79. The van der Waals surface area contributed by atoms with E-state index >= 15 is 0 Å². The number of pyridine rings is 1. The molecule has 0 radical (unpaired) electrons. The highest BCUT2D eigenvalue weighted by atomic mass is 16.5. The lowest BCUT2D eigenvalue weighted by atomic mass is 9.74. The second-order valence-electron chi connectivity index (χ2n) is 7.25. The number of aromatic nitrogens is 1. The third-order valence-corrected chi connectivity index (χ3v) is 5.19. The predicted molar refractivity (Wildman–Crippen MR) is 92.1 cm³/mol.